The molecule has 0 saturated heterocycles. The average molecular weight is 426 g/mol. The maximum atomic E-state index is 13.4. The zero-order valence-electron chi connectivity index (χ0n) is 17.0. The molecular weight excluding hydrogens is 398 g/mol. The number of amides is 1. The zero-order valence-corrected chi connectivity index (χ0v) is 17.8. The van der Waals surface area contributed by atoms with Crippen molar-refractivity contribution in [3.63, 3.8) is 0 Å². The van der Waals surface area contributed by atoms with Gasteiger partial charge in [-0.2, -0.15) is 0 Å². The van der Waals surface area contributed by atoms with Crippen molar-refractivity contribution >= 4 is 17.5 Å². The number of hydrogen-bond donors (Lipinski definition) is 3. The van der Waals surface area contributed by atoms with Gasteiger partial charge in [-0.1, -0.05) is 29.8 Å². The number of rotatable bonds is 5. The fraction of sp³-hybridized carbons (Fsp3) is 0.480. The largest absolute Gasteiger partial charge is 0.504 e. The lowest BCUT2D eigenvalue weighted by atomic mass is 9.42. The van der Waals surface area contributed by atoms with Crippen molar-refractivity contribution in [1.82, 2.24) is 5.32 Å². The van der Waals surface area contributed by atoms with Crippen molar-refractivity contribution in [1.29, 1.82) is 0 Å². The van der Waals surface area contributed by atoms with Crippen LogP contribution in [0.3, 0.4) is 0 Å². The Kier molecular flexibility index (Phi) is 4.73. The summed E-state index contributed by atoms with van der Waals surface area (Å²) in [7, 11) is 0. The van der Waals surface area contributed by atoms with E-state index in [1.54, 1.807) is 12.1 Å². The molecule has 5 heteroatoms. The highest BCUT2D eigenvalue weighted by Gasteiger charge is 2.60. The molecule has 0 spiro atoms. The zero-order chi connectivity index (χ0) is 20.9. The molecule has 0 aliphatic heterocycles. The van der Waals surface area contributed by atoms with E-state index in [0.717, 1.165) is 29.8 Å². The summed E-state index contributed by atoms with van der Waals surface area (Å²) >= 11 is 6.13. The number of carbonyl (C=O) groups is 1. The summed E-state index contributed by atoms with van der Waals surface area (Å²) in [5, 5.41) is 23.1. The Morgan fingerprint density at radius 2 is 1.70 bits per heavy atom. The predicted octanol–water partition coefficient (Wildman–Crippen LogP) is 4.95. The topological polar surface area (TPSA) is 69.6 Å². The SMILES string of the molecule is O=C(NCCc1ccc(O)c(O)c1)C12C[C@H]3C[C@@H](C1)CC(c1ccc(Cl)cc1)(C3)C2. The summed E-state index contributed by atoms with van der Waals surface area (Å²) in [5.41, 5.74) is 2.08. The van der Waals surface area contributed by atoms with Gasteiger partial charge in [-0.25, -0.2) is 0 Å². The Balaban J connectivity index is 1.31. The third-order valence-corrected chi connectivity index (χ3v) is 7.99. The molecule has 2 aromatic rings. The monoisotopic (exact) mass is 425 g/mol. The number of hydrogen-bond acceptors (Lipinski definition) is 3. The van der Waals surface area contributed by atoms with Gasteiger partial charge in [0.25, 0.3) is 0 Å². The van der Waals surface area contributed by atoms with Crippen molar-refractivity contribution < 1.29 is 15.0 Å². The van der Waals surface area contributed by atoms with E-state index >= 15 is 0 Å². The van der Waals surface area contributed by atoms with Gasteiger partial charge in [-0.3, -0.25) is 4.79 Å². The van der Waals surface area contributed by atoms with Crippen LogP contribution in [0.5, 0.6) is 11.5 Å². The van der Waals surface area contributed by atoms with E-state index < -0.39 is 0 Å². The van der Waals surface area contributed by atoms with Crippen LogP contribution in [0.15, 0.2) is 42.5 Å². The molecule has 4 nitrogen and oxygen atoms in total. The van der Waals surface area contributed by atoms with Gasteiger partial charge in [0.15, 0.2) is 11.5 Å². The van der Waals surface area contributed by atoms with Crippen molar-refractivity contribution in [3.05, 3.63) is 58.6 Å². The van der Waals surface area contributed by atoms with Crippen LogP contribution in [-0.2, 0) is 16.6 Å². The fourth-order valence-electron chi connectivity index (χ4n) is 6.90. The standard InChI is InChI=1S/C25H28ClNO3/c26-20-4-2-19(3-5-20)24-11-17-9-18(12-24)14-25(13-17,15-24)23(30)27-8-7-16-1-6-21(28)22(29)10-16/h1-6,10,17-18,28-29H,7-9,11-15H2,(H,27,30)/t17-,18+,24?,25?. The minimum Gasteiger partial charge on any atom is -0.504 e. The summed E-state index contributed by atoms with van der Waals surface area (Å²) in [6, 6.07) is 13.1. The molecule has 2 unspecified atom stereocenters. The van der Waals surface area contributed by atoms with Gasteiger partial charge in [-0.15, -0.1) is 0 Å². The number of carbonyl (C=O) groups excluding carboxylic acids is 1. The third kappa shape index (κ3) is 3.35. The Labute approximate surface area is 182 Å². The van der Waals surface area contributed by atoms with Crippen LogP contribution < -0.4 is 5.32 Å². The Hall–Kier alpha value is -2.20. The summed E-state index contributed by atoms with van der Waals surface area (Å²) in [6.45, 7) is 0.536. The number of phenolic OH excluding ortho intramolecular Hbond substituents is 2. The first-order valence-corrected chi connectivity index (χ1v) is 11.3. The molecule has 4 aliphatic rings. The molecule has 4 aliphatic carbocycles. The molecule has 0 heterocycles. The van der Waals surface area contributed by atoms with Crippen LogP contribution in [0.4, 0.5) is 0 Å². The molecule has 4 atom stereocenters. The number of nitrogens with one attached hydrogen (secondary N) is 1. The van der Waals surface area contributed by atoms with E-state index in [0.29, 0.717) is 24.8 Å². The van der Waals surface area contributed by atoms with Crippen LogP contribution in [0.25, 0.3) is 0 Å². The molecule has 0 aromatic heterocycles. The van der Waals surface area contributed by atoms with Crippen LogP contribution in [-0.4, -0.2) is 22.7 Å². The van der Waals surface area contributed by atoms with Gasteiger partial charge in [-0.05, 0) is 97.6 Å². The van der Waals surface area contributed by atoms with Crippen LogP contribution >= 0.6 is 11.6 Å². The second-order valence-corrected chi connectivity index (χ2v) is 10.3. The van der Waals surface area contributed by atoms with Crippen LogP contribution in [0.2, 0.25) is 5.02 Å². The van der Waals surface area contributed by atoms with E-state index in [1.165, 1.54) is 30.9 Å². The molecular formula is C25H28ClNO3. The summed E-state index contributed by atoms with van der Waals surface area (Å²) in [4.78, 5) is 13.4. The average Bonchev–Trinajstić information content (AvgIpc) is 2.70. The molecule has 6 rings (SSSR count). The highest BCUT2D eigenvalue weighted by atomic mass is 35.5. The smallest absolute Gasteiger partial charge is 0.226 e. The van der Waals surface area contributed by atoms with E-state index in [-0.39, 0.29) is 28.2 Å². The summed E-state index contributed by atoms with van der Waals surface area (Å²) < 4.78 is 0. The van der Waals surface area contributed by atoms with Crippen molar-refractivity contribution in [2.24, 2.45) is 17.3 Å². The predicted molar refractivity (Wildman–Crippen MR) is 117 cm³/mol. The molecule has 2 aromatic carbocycles. The molecule has 4 fully saturated rings. The van der Waals surface area contributed by atoms with Gasteiger partial charge >= 0.3 is 0 Å². The lowest BCUT2D eigenvalue weighted by Crippen LogP contribution is -2.59. The molecule has 158 valence electrons. The second kappa shape index (κ2) is 7.19. The normalized spacial score (nSPS) is 31.6. The Morgan fingerprint density at radius 1 is 1.00 bits per heavy atom. The maximum Gasteiger partial charge on any atom is 0.226 e. The first-order chi connectivity index (χ1) is 14.4. The lowest BCUT2D eigenvalue weighted by molar-refractivity contribution is -0.149. The van der Waals surface area contributed by atoms with E-state index in [1.807, 2.05) is 12.1 Å². The molecule has 30 heavy (non-hydrogen) atoms. The van der Waals surface area contributed by atoms with Gasteiger partial charge in [0.1, 0.15) is 0 Å². The number of aromatic hydroxyl groups is 2. The number of benzene rings is 2. The van der Waals surface area contributed by atoms with Crippen molar-refractivity contribution in [2.45, 2.75) is 50.4 Å². The molecule has 1 amide bonds. The third-order valence-electron chi connectivity index (χ3n) is 7.74. The highest BCUT2D eigenvalue weighted by Crippen LogP contribution is 2.65. The lowest BCUT2D eigenvalue weighted by Gasteiger charge is -2.61. The number of halogens is 1. The Morgan fingerprint density at radius 3 is 2.37 bits per heavy atom. The first-order valence-electron chi connectivity index (χ1n) is 10.9. The van der Waals surface area contributed by atoms with Gasteiger partial charge in [0.2, 0.25) is 5.91 Å². The van der Waals surface area contributed by atoms with Crippen molar-refractivity contribution in [2.75, 3.05) is 6.54 Å². The minimum absolute atomic E-state index is 0.106. The van der Waals surface area contributed by atoms with E-state index in [9.17, 15) is 15.0 Å². The van der Waals surface area contributed by atoms with Gasteiger partial charge < -0.3 is 15.5 Å². The molecule has 3 N–H and O–H groups in total. The Bertz CT molecular complexity index is 957. The second-order valence-electron chi connectivity index (χ2n) is 9.86. The summed E-state index contributed by atoms with van der Waals surface area (Å²) in [6.07, 6.45) is 7.21. The van der Waals surface area contributed by atoms with E-state index in [2.05, 4.69) is 17.4 Å². The fourth-order valence-corrected chi connectivity index (χ4v) is 7.03. The minimum atomic E-state index is -0.263. The maximum absolute atomic E-state index is 13.4. The van der Waals surface area contributed by atoms with E-state index in [4.69, 9.17) is 11.6 Å². The highest BCUT2D eigenvalue weighted by molar-refractivity contribution is 6.30. The molecule has 4 saturated carbocycles. The first kappa shape index (κ1) is 19.7. The van der Waals surface area contributed by atoms with Gasteiger partial charge in [0, 0.05) is 11.6 Å². The quantitative estimate of drug-likeness (QED) is 0.594. The number of phenols is 2. The van der Waals surface area contributed by atoms with Crippen molar-refractivity contribution in [3.8, 4) is 11.5 Å². The van der Waals surface area contributed by atoms with Crippen LogP contribution in [0, 0.1) is 17.3 Å². The molecule has 4 bridgehead atoms. The summed E-state index contributed by atoms with van der Waals surface area (Å²) in [5.74, 6) is 1.20. The van der Waals surface area contributed by atoms with Crippen LogP contribution in [0.1, 0.15) is 49.7 Å². The molecule has 0 radical (unpaired) electrons. The van der Waals surface area contributed by atoms with Gasteiger partial charge in [0.05, 0.1) is 5.41 Å².